The lowest BCUT2D eigenvalue weighted by atomic mass is 9.82. The highest BCUT2D eigenvalue weighted by atomic mass is 16.2. The standard InChI is InChI=1S/C17H28N4O3/c1-12-8-13(2)10-20(9-12)11-14(22)19-21-15(23)17(18-16(21)24)6-4-3-5-7-17/h12-13H,3-11H2,1-2H3,(H,18,24)(H,19,22)/t12-,13+. The fraction of sp³-hybridized carbons (Fsp3) is 0.824. The molecule has 2 atom stereocenters. The van der Waals surface area contributed by atoms with Gasteiger partial charge in [0.05, 0.1) is 6.54 Å². The number of imide groups is 1. The Kier molecular flexibility index (Phi) is 4.80. The molecule has 3 rings (SSSR count). The van der Waals surface area contributed by atoms with Gasteiger partial charge in [-0.25, -0.2) is 4.79 Å². The van der Waals surface area contributed by atoms with Crippen molar-refractivity contribution in [1.29, 1.82) is 0 Å². The summed E-state index contributed by atoms with van der Waals surface area (Å²) >= 11 is 0. The zero-order chi connectivity index (χ0) is 17.3. The minimum absolute atomic E-state index is 0.221. The summed E-state index contributed by atoms with van der Waals surface area (Å²) in [5.41, 5.74) is 1.72. The first-order chi connectivity index (χ1) is 11.4. The minimum Gasteiger partial charge on any atom is -0.322 e. The van der Waals surface area contributed by atoms with Crippen molar-refractivity contribution in [3.05, 3.63) is 0 Å². The van der Waals surface area contributed by atoms with Crippen molar-refractivity contribution in [2.75, 3.05) is 19.6 Å². The van der Waals surface area contributed by atoms with Gasteiger partial charge in [-0.15, -0.1) is 0 Å². The third-order valence-corrected chi connectivity index (χ3v) is 5.42. The first kappa shape index (κ1) is 17.2. The Bertz CT molecular complexity index is 520. The van der Waals surface area contributed by atoms with E-state index in [-0.39, 0.29) is 18.4 Å². The van der Waals surface area contributed by atoms with E-state index in [0.29, 0.717) is 24.7 Å². The maximum Gasteiger partial charge on any atom is 0.344 e. The molecule has 134 valence electrons. The van der Waals surface area contributed by atoms with Gasteiger partial charge in [0.25, 0.3) is 11.8 Å². The summed E-state index contributed by atoms with van der Waals surface area (Å²) in [5, 5.41) is 3.69. The van der Waals surface area contributed by atoms with Crippen LogP contribution in [0.3, 0.4) is 0 Å². The quantitative estimate of drug-likeness (QED) is 0.760. The SMILES string of the molecule is C[C@@H]1C[C@H](C)CN(CC(=O)NN2C(=O)NC3(CCCCC3)C2=O)C1. The first-order valence-corrected chi connectivity index (χ1v) is 9.08. The summed E-state index contributed by atoms with van der Waals surface area (Å²) in [4.78, 5) is 39.2. The maximum atomic E-state index is 12.6. The number of piperidine rings is 1. The number of likely N-dealkylation sites (tertiary alicyclic amines) is 1. The van der Waals surface area contributed by atoms with Crippen LogP contribution in [0.15, 0.2) is 0 Å². The average molecular weight is 336 g/mol. The van der Waals surface area contributed by atoms with Gasteiger partial charge in [-0.2, -0.15) is 5.01 Å². The minimum atomic E-state index is -0.795. The third kappa shape index (κ3) is 3.41. The molecule has 2 N–H and O–H groups in total. The van der Waals surface area contributed by atoms with Crippen LogP contribution in [-0.4, -0.2) is 52.9 Å². The second kappa shape index (κ2) is 6.70. The van der Waals surface area contributed by atoms with E-state index in [1.54, 1.807) is 0 Å². The van der Waals surface area contributed by atoms with Crippen LogP contribution >= 0.6 is 0 Å². The predicted molar refractivity (Wildman–Crippen MR) is 88.7 cm³/mol. The highest BCUT2D eigenvalue weighted by Crippen LogP contribution is 2.33. The molecule has 0 aromatic rings. The molecule has 1 saturated carbocycles. The van der Waals surface area contributed by atoms with E-state index in [0.717, 1.165) is 37.4 Å². The number of urea groups is 1. The Balaban J connectivity index is 1.58. The lowest BCUT2D eigenvalue weighted by Crippen LogP contribution is -2.53. The van der Waals surface area contributed by atoms with E-state index in [9.17, 15) is 14.4 Å². The van der Waals surface area contributed by atoms with Crippen molar-refractivity contribution in [2.24, 2.45) is 11.8 Å². The molecule has 7 heteroatoms. The molecule has 2 aliphatic heterocycles. The zero-order valence-electron chi connectivity index (χ0n) is 14.6. The van der Waals surface area contributed by atoms with Gasteiger partial charge in [-0.1, -0.05) is 33.1 Å². The van der Waals surface area contributed by atoms with Crippen LogP contribution in [0.4, 0.5) is 4.79 Å². The number of nitrogens with zero attached hydrogens (tertiary/aromatic N) is 2. The number of hydrazine groups is 1. The molecule has 0 unspecified atom stereocenters. The smallest absolute Gasteiger partial charge is 0.322 e. The number of hydrogen-bond acceptors (Lipinski definition) is 4. The Labute approximate surface area is 143 Å². The van der Waals surface area contributed by atoms with Crippen LogP contribution in [-0.2, 0) is 9.59 Å². The summed E-state index contributed by atoms with van der Waals surface area (Å²) in [6.07, 6.45) is 5.43. The molecule has 1 spiro atoms. The number of carbonyl (C=O) groups excluding carboxylic acids is 3. The Morgan fingerprint density at radius 1 is 1.17 bits per heavy atom. The summed E-state index contributed by atoms with van der Waals surface area (Å²) in [6.45, 7) is 6.35. The molecule has 3 fully saturated rings. The third-order valence-electron chi connectivity index (χ3n) is 5.42. The van der Waals surface area contributed by atoms with Gasteiger partial charge in [0.1, 0.15) is 5.54 Å². The van der Waals surface area contributed by atoms with Crippen molar-refractivity contribution in [3.63, 3.8) is 0 Å². The number of hydrogen-bond donors (Lipinski definition) is 2. The van der Waals surface area contributed by atoms with Crippen LogP contribution < -0.4 is 10.7 Å². The summed E-state index contributed by atoms with van der Waals surface area (Å²) in [6, 6.07) is -0.504. The van der Waals surface area contributed by atoms with Crippen LogP contribution in [0.5, 0.6) is 0 Å². The molecule has 0 aromatic carbocycles. The summed E-state index contributed by atoms with van der Waals surface area (Å²) in [5.74, 6) is 0.515. The van der Waals surface area contributed by atoms with Crippen LogP contribution in [0, 0.1) is 11.8 Å². The molecule has 2 saturated heterocycles. The number of amides is 4. The molecular weight excluding hydrogens is 308 g/mol. The number of carbonyl (C=O) groups is 3. The van der Waals surface area contributed by atoms with E-state index in [4.69, 9.17) is 0 Å². The number of nitrogens with one attached hydrogen (secondary N) is 2. The Hall–Kier alpha value is -1.63. The molecule has 0 radical (unpaired) electrons. The Morgan fingerprint density at radius 3 is 2.42 bits per heavy atom. The first-order valence-electron chi connectivity index (χ1n) is 9.08. The van der Waals surface area contributed by atoms with Gasteiger partial charge in [0.15, 0.2) is 0 Å². The van der Waals surface area contributed by atoms with Crippen LogP contribution in [0.1, 0.15) is 52.4 Å². The molecular formula is C17H28N4O3. The number of rotatable bonds is 3. The van der Waals surface area contributed by atoms with E-state index >= 15 is 0 Å². The van der Waals surface area contributed by atoms with Gasteiger partial charge in [-0.3, -0.25) is 19.9 Å². The fourth-order valence-electron chi connectivity index (χ4n) is 4.50. The molecule has 3 aliphatic rings. The van der Waals surface area contributed by atoms with Gasteiger partial charge < -0.3 is 5.32 Å². The highest BCUT2D eigenvalue weighted by Gasteiger charge is 2.52. The lowest BCUT2D eigenvalue weighted by molar-refractivity contribution is -0.140. The van der Waals surface area contributed by atoms with E-state index in [1.165, 1.54) is 6.42 Å². The maximum absolute atomic E-state index is 12.6. The summed E-state index contributed by atoms with van der Waals surface area (Å²) in [7, 11) is 0. The van der Waals surface area contributed by atoms with Crippen molar-refractivity contribution < 1.29 is 14.4 Å². The molecule has 0 bridgehead atoms. The van der Waals surface area contributed by atoms with Crippen molar-refractivity contribution >= 4 is 17.8 Å². The second-order valence-corrected chi connectivity index (χ2v) is 7.89. The van der Waals surface area contributed by atoms with Gasteiger partial charge in [-0.05, 0) is 31.1 Å². The average Bonchev–Trinajstić information content (AvgIpc) is 2.71. The van der Waals surface area contributed by atoms with Crippen molar-refractivity contribution in [3.8, 4) is 0 Å². The normalized spacial score (nSPS) is 30.5. The topological polar surface area (TPSA) is 81.8 Å². The lowest BCUT2D eigenvalue weighted by Gasteiger charge is -2.34. The van der Waals surface area contributed by atoms with Gasteiger partial charge >= 0.3 is 6.03 Å². The van der Waals surface area contributed by atoms with E-state index in [1.807, 2.05) is 0 Å². The van der Waals surface area contributed by atoms with E-state index in [2.05, 4.69) is 29.5 Å². The molecule has 7 nitrogen and oxygen atoms in total. The van der Waals surface area contributed by atoms with Crippen LogP contribution in [0.2, 0.25) is 0 Å². The molecule has 0 aromatic heterocycles. The van der Waals surface area contributed by atoms with Crippen molar-refractivity contribution in [2.45, 2.75) is 57.9 Å². The zero-order valence-corrected chi connectivity index (χ0v) is 14.6. The van der Waals surface area contributed by atoms with Gasteiger partial charge in [0, 0.05) is 13.1 Å². The largest absolute Gasteiger partial charge is 0.344 e. The highest BCUT2D eigenvalue weighted by molar-refractivity contribution is 6.08. The molecule has 2 heterocycles. The molecule has 24 heavy (non-hydrogen) atoms. The summed E-state index contributed by atoms with van der Waals surface area (Å²) < 4.78 is 0. The second-order valence-electron chi connectivity index (χ2n) is 7.89. The molecule has 4 amide bonds. The fourth-order valence-corrected chi connectivity index (χ4v) is 4.50. The van der Waals surface area contributed by atoms with Gasteiger partial charge in [0.2, 0.25) is 0 Å². The Morgan fingerprint density at radius 2 is 1.79 bits per heavy atom. The van der Waals surface area contributed by atoms with Crippen molar-refractivity contribution in [1.82, 2.24) is 20.7 Å². The monoisotopic (exact) mass is 336 g/mol. The predicted octanol–water partition coefficient (Wildman–Crippen LogP) is 1.25. The van der Waals surface area contributed by atoms with E-state index < -0.39 is 11.6 Å². The molecule has 1 aliphatic carbocycles. The van der Waals surface area contributed by atoms with Crippen LogP contribution in [0.25, 0.3) is 0 Å².